The summed E-state index contributed by atoms with van der Waals surface area (Å²) < 4.78 is 4.01. The van der Waals surface area contributed by atoms with Crippen LogP contribution in [0.4, 0.5) is 0 Å². The number of carbonyl (C=O) groups is 1. The van der Waals surface area contributed by atoms with Gasteiger partial charge in [-0.05, 0) is 0 Å². The summed E-state index contributed by atoms with van der Waals surface area (Å²) in [6.07, 6.45) is -0.844. The molecule has 0 amide bonds. The molecule has 0 unspecified atom stereocenters. The van der Waals surface area contributed by atoms with Crippen molar-refractivity contribution in [3.63, 3.8) is 0 Å². The van der Waals surface area contributed by atoms with Crippen LogP contribution in [-0.2, 0) is 9.53 Å². The number of hydrogen-bond acceptors (Lipinski definition) is 5. The standard InChI is InChI=1S/C4H8O5.Bi.3H/c1-9-3(5)2-4(6,7)8;;;;/h6-8H,2H2,1H3;;;;. The quantitative estimate of drug-likeness (QED) is 0.281. The molecule has 0 saturated heterocycles. The van der Waals surface area contributed by atoms with Crippen LogP contribution in [0.3, 0.4) is 0 Å². The molecule has 10 heavy (non-hydrogen) atoms. The Morgan fingerprint density at radius 3 is 2.00 bits per heavy atom. The summed E-state index contributed by atoms with van der Waals surface area (Å²) in [7, 11) is 1.08. The van der Waals surface area contributed by atoms with Gasteiger partial charge in [-0.2, -0.15) is 0 Å². The van der Waals surface area contributed by atoms with Crippen LogP contribution in [-0.4, -0.2) is 60.6 Å². The maximum atomic E-state index is 10.1. The van der Waals surface area contributed by atoms with Gasteiger partial charge >= 0.3 is 32.2 Å². The third kappa shape index (κ3) is 8.23. The van der Waals surface area contributed by atoms with E-state index in [2.05, 4.69) is 4.74 Å². The van der Waals surface area contributed by atoms with Gasteiger partial charge in [-0.15, -0.1) is 0 Å². The summed E-state index contributed by atoms with van der Waals surface area (Å²) in [5, 5.41) is 24.4. The van der Waals surface area contributed by atoms with Crippen molar-refractivity contribution in [1.29, 1.82) is 0 Å². The van der Waals surface area contributed by atoms with Gasteiger partial charge in [0.25, 0.3) is 5.97 Å². The zero-order valence-electron chi connectivity index (χ0n) is 5.57. The molecule has 0 aromatic rings. The van der Waals surface area contributed by atoms with E-state index < -0.39 is 18.4 Å². The number of methoxy groups -OCH3 is 1. The minimum absolute atomic E-state index is 0. The minimum atomic E-state index is -2.95. The summed E-state index contributed by atoms with van der Waals surface area (Å²) in [6.45, 7) is 0. The average Bonchev–Trinajstić information content (AvgIpc) is 1.62. The normalized spacial score (nSPS) is 10.0. The molecule has 0 aromatic heterocycles. The number of ether oxygens (including phenoxy) is 1. The fourth-order valence-electron chi connectivity index (χ4n) is 0.266. The van der Waals surface area contributed by atoms with Crippen LogP contribution in [0.15, 0.2) is 0 Å². The molecular weight excluding hydrogens is 337 g/mol. The first kappa shape index (κ1) is 12.9. The number of rotatable bonds is 2. The van der Waals surface area contributed by atoms with Crippen LogP contribution >= 0.6 is 0 Å². The van der Waals surface area contributed by atoms with Crippen molar-refractivity contribution in [1.82, 2.24) is 0 Å². The number of hydrogen-bond donors (Lipinski definition) is 3. The van der Waals surface area contributed by atoms with Crippen LogP contribution in [0, 0.1) is 0 Å². The predicted octanol–water partition coefficient (Wildman–Crippen LogP) is -3.00. The van der Waals surface area contributed by atoms with Gasteiger partial charge in [0.15, 0.2) is 0 Å². The molecule has 0 heterocycles. The molecule has 0 rings (SSSR count). The fourth-order valence-corrected chi connectivity index (χ4v) is 0.266. The Morgan fingerprint density at radius 1 is 1.50 bits per heavy atom. The molecular formula is C4H11BiO5. The van der Waals surface area contributed by atoms with Crippen LogP contribution in [0.5, 0.6) is 0 Å². The van der Waals surface area contributed by atoms with Crippen LogP contribution < -0.4 is 0 Å². The van der Waals surface area contributed by atoms with Crippen molar-refractivity contribution in [2.24, 2.45) is 0 Å². The molecule has 0 fully saturated rings. The van der Waals surface area contributed by atoms with Crippen molar-refractivity contribution in [2.45, 2.75) is 12.4 Å². The first-order valence-electron chi connectivity index (χ1n) is 2.19. The topological polar surface area (TPSA) is 87.0 Å². The molecule has 0 bridgehead atoms. The summed E-state index contributed by atoms with van der Waals surface area (Å²) in [6, 6.07) is 0. The Kier molecular flexibility index (Phi) is 6.38. The van der Waals surface area contributed by atoms with Gasteiger partial charge in [-0.3, -0.25) is 4.79 Å². The van der Waals surface area contributed by atoms with Crippen molar-refractivity contribution < 1.29 is 24.9 Å². The molecule has 0 atom stereocenters. The second-order valence-corrected chi connectivity index (χ2v) is 1.53. The monoisotopic (exact) mass is 348 g/mol. The maximum absolute atomic E-state index is 10.1. The van der Waals surface area contributed by atoms with Crippen molar-refractivity contribution >= 4 is 32.2 Å². The third-order valence-corrected chi connectivity index (χ3v) is 0.609. The Hall–Kier alpha value is 0.233. The Morgan fingerprint density at radius 2 is 1.90 bits per heavy atom. The van der Waals surface area contributed by atoms with E-state index in [0.717, 1.165) is 7.11 Å². The Bertz CT molecular complexity index is 107. The molecule has 62 valence electrons. The van der Waals surface area contributed by atoms with E-state index in [-0.39, 0.29) is 26.2 Å². The van der Waals surface area contributed by atoms with Crippen molar-refractivity contribution in [3.8, 4) is 0 Å². The van der Waals surface area contributed by atoms with Crippen LogP contribution in [0.25, 0.3) is 0 Å². The molecule has 0 saturated carbocycles. The van der Waals surface area contributed by atoms with Crippen molar-refractivity contribution in [3.05, 3.63) is 0 Å². The number of aliphatic hydroxyl groups is 3. The molecule has 0 aliphatic rings. The SMILES string of the molecule is COC(=O)CC(O)(O)O.[BiH3]. The van der Waals surface area contributed by atoms with Gasteiger partial charge < -0.3 is 20.1 Å². The fraction of sp³-hybridized carbons (Fsp3) is 0.750. The average molecular weight is 348 g/mol. The second-order valence-electron chi connectivity index (χ2n) is 1.53. The zero-order valence-corrected chi connectivity index (χ0v) is 11.1. The number of esters is 1. The molecule has 5 nitrogen and oxygen atoms in total. The van der Waals surface area contributed by atoms with Crippen molar-refractivity contribution in [2.75, 3.05) is 7.11 Å². The van der Waals surface area contributed by atoms with E-state index in [4.69, 9.17) is 15.3 Å². The number of carbonyl (C=O) groups excluding carboxylic acids is 1. The van der Waals surface area contributed by atoms with E-state index in [9.17, 15) is 4.79 Å². The molecule has 0 aromatic carbocycles. The van der Waals surface area contributed by atoms with E-state index in [1.54, 1.807) is 0 Å². The van der Waals surface area contributed by atoms with Gasteiger partial charge in [-0.25, -0.2) is 0 Å². The van der Waals surface area contributed by atoms with Gasteiger partial charge in [0.05, 0.1) is 7.11 Å². The molecule has 0 aliphatic carbocycles. The van der Waals surface area contributed by atoms with E-state index >= 15 is 0 Å². The summed E-state index contributed by atoms with van der Waals surface area (Å²) in [5.74, 6) is -3.84. The summed E-state index contributed by atoms with van der Waals surface area (Å²) >= 11 is 0. The second kappa shape index (κ2) is 4.96. The Labute approximate surface area is 76.7 Å². The van der Waals surface area contributed by atoms with E-state index in [0.29, 0.717) is 0 Å². The third-order valence-electron chi connectivity index (χ3n) is 0.609. The van der Waals surface area contributed by atoms with E-state index in [1.165, 1.54) is 0 Å². The molecule has 3 N–H and O–H groups in total. The summed E-state index contributed by atoms with van der Waals surface area (Å²) in [5.41, 5.74) is 0. The zero-order chi connectivity index (χ0) is 7.49. The molecule has 0 radical (unpaired) electrons. The molecule has 0 spiro atoms. The van der Waals surface area contributed by atoms with Crippen LogP contribution in [0.1, 0.15) is 6.42 Å². The first-order chi connectivity index (χ1) is 3.95. The van der Waals surface area contributed by atoms with Gasteiger partial charge in [0.2, 0.25) is 0 Å². The molecule has 0 aliphatic heterocycles. The molecule has 6 heteroatoms. The summed E-state index contributed by atoms with van der Waals surface area (Å²) in [4.78, 5) is 10.1. The van der Waals surface area contributed by atoms with Gasteiger partial charge in [0.1, 0.15) is 6.42 Å². The predicted molar refractivity (Wildman–Crippen MR) is 36.0 cm³/mol. The van der Waals surface area contributed by atoms with E-state index in [1.807, 2.05) is 0 Å². The first-order valence-corrected chi connectivity index (χ1v) is 2.19. The van der Waals surface area contributed by atoms with Gasteiger partial charge in [0, 0.05) is 0 Å². The van der Waals surface area contributed by atoms with Crippen LogP contribution in [0.2, 0.25) is 0 Å². The van der Waals surface area contributed by atoms with Gasteiger partial charge in [-0.1, -0.05) is 0 Å². The Balaban J connectivity index is 0.